The number of hydrogen-bond acceptors (Lipinski definition) is 2. The molecule has 0 atom stereocenters. The fraction of sp³-hybridized carbons (Fsp3) is 0.500. The molecular formula is C14H19ClN2O. The Kier molecular flexibility index (Phi) is 5.02. The third-order valence-corrected chi connectivity index (χ3v) is 3.66. The first-order chi connectivity index (χ1) is 8.75. The molecule has 1 aliphatic rings. The van der Waals surface area contributed by atoms with E-state index in [0.717, 1.165) is 25.2 Å². The van der Waals surface area contributed by atoms with Crippen LogP contribution in [0.15, 0.2) is 24.3 Å². The van der Waals surface area contributed by atoms with Crippen molar-refractivity contribution in [3.63, 3.8) is 0 Å². The van der Waals surface area contributed by atoms with E-state index in [2.05, 4.69) is 10.2 Å². The van der Waals surface area contributed by atoms with Crippen LogP contribution in [0.2, 0.25) is 5.02 Å². The summed E-state index contributed by atoms with van der Waals surface area (Å²) in [5, 5.41) is 3.62. The molecule has 0 aromatic heterocycles. The first-order valence-corrected chi connectivity index (χ1v) is 6.86. The first kappa shape index (κ1) is 13.4. The molecule has 0 spiro atoms. The number of halogens is 1. The van der Waals surface area contributed by atoms with Gasteiger partial charge in [0.1, 0.15) is 0 Å². The van der Waals surface area contributed by atoms with Crippen LogP contribution in [0.3, 0.4) is 0 Å². The highest BCUT2D eigenvalue weighted by Gasteiger charge is 2.12. The maximum Gasteiger partial charge on any atom is 0.221 e. The second-order valence-electron chi connectivity index (χ2n) is 4.67. The zero-order valence-corrected chi connectivity index (χ0v) is 11.2. The van der Waals surface area contributed by atoms with E-state index in [4.69, 9.17) is 11.6 Å². The molecule has 0 aliphatic carbocycles. The minimum atomic E-state index is 0.0989. The van der Waals surface area contributed by atoms with Crippen molar-refractivity contribution in [2.75, 3.05) is 19.6 Å². The zero-order valence-electron chi connectivity index (χ0n) is 10.5. The zero-order chi connectivity index (χ0) is 12.8. The smallest absolute Gasteiger partial charge is 0.221 e. The van der Waals surface area contributed by atoms with Gasteiger partial charge in [-0.1, -0.05) is 29.8 Å². The van der Waals surface area contributed by atoms with Crippen LogP contribution in [-0.2, 0) is 11.3 Å². The van der Waals surface area contributed by atoms with Gasteiger partial charge in [-0.05, 0) is 37.6 Å². The van der Waals surface area contributed by atoms with Gasteiger partial charge in [-0.25, -0.2) is 0 Å². The topological polar surface area (TPSA) is 32.3 Å². The summed E-state index contributed by atoms with van der Waals surface area (Å²) in [6.07, 6.45) is 3.10. The lowest BCUT2D eigenvalue weighted by Gasteiger charge is -2.14. The predicted octanol–water partition coefficient (Wildman–Crippen LogP) is 2.44. The van der Waals surface area contributed by atoms with Crippen molar-refractivity contribution in [2.45, 2.75) is 25.8 Å². The number of carbonyl (C=O) groups is 1. The van der Waals surface area contributed by atoms with Crippen molar-refractivity contribution in [3.8, 4) is 0 Å². The lowest BCUT2D eigenvalue weighted by Crippen LogP contribution is -2.29. The van der Waals surface area contributed by atoms with E-state index in [1.807, 2.05) is 24.3 Å². The van der Waals surface area contributed by atoms with E-state index >= 15 is 0 Å². The number of likely N-dealkylation sites (tertiary alicyclic amines) is 1. The number of benzene rings is 1. The molecule has 18 heavy (non-hydrogen) atoms. The first-order valence-electron chi connectivity index (χ1n) is 6.48. The van der Waals surface area contributed by atoms with Crippen molar-refractivity contribution in [1.82, 2.24) is 10.2 Å². The molecule has 1 fully saturated rings. The molecule has 1 amide bonds. The van der Waals surface area contributed by atoms with Gasteiger partial charge in [0.15, 0.2) is 0 Å². The van der Waals surface area contributed by atoms with Crippen molar-refractivity contribution in [3.05, 3.63) is 34.9 Å². The molecule has 3 nitrogen and oxygen atoms in total. The number of nitrogens with zero attached hydrogens (tertiary/aromatic N) is 1. The molecule has 1 aliphatic heterocycles. The highest BCUT2D eigenvalue weighted by molar-refractivity contribution is 6.31. The number of amides is 1. The SMILES string of the molecule is O=C(CCN1CCCC1)NCc1ccccc1Cl. The largest absolute Gasteiger partial charge is 0.352 e. The molecule has 4 heteroatoms. The van der Waals surface area contributed by atoms with Gasteiger partial charge in [0.2, 0.25) is 5.91 Å². The number of hydrogen-bond donors (Lipinski definition) is 1. The van der Waals surface area contributed by atoms with Gasteiger partial charge in [0.05, 0.1) is 0 Å². The van der Waals surface area contributed by atoms with Crippen LogP contribution in [0, 0.1) is 0 Å². The summed E-state index contributed by atoms with van der Waals surface area (Å²) in [5.41, 5.74) is 0.966. The molecule has 0 unspecified atom stereocenters. The summed E-state index contributed by atoms with van der Waals surface area (Å²) in [6.45, 7) is 3.66. The van der Waals surface area contributed by atoms with Crippen molar-refractivity contribution < 1.29 is 4.79 Å². The molecule has 98 valence electrons. The Morgan fingerprint density at radius 2 is 2.00 bits per heavy atom. The van der Waals surface area contributed by atoms with Crippen molar-refractivity contribution in [2.24, 2.45) is 0 Å². The average Bonchev–Trinajstić information content (AvgIpc) is 2.88. The summed E-state index contributed by atoms with van der Waals surface area (Å²) >= 11 is 6.03. The van der Waals surface area contributed by atoms with Crippen molar-refractivity contribution in [1.29, 1.82) is 0 Å². The summed E-state index contributed by atoms with van der Waals surface area (Å²) in [4.78, 5) is 14.0. The van der Waals surface area contributed by atoms with E-state index < -0.39 is 0 Å². The molecule has 0 bridgehead atoms. The third-order valence-electron chi connectivity index (χ3n) is 3.29. The van der Waals surface area contributed by atoms with E-state index in [0.29, 0.717) is 18.0 Å². The summed E-state index contributed by atoms with van der Waals surface area (Å²) < 4.78 is 0. The van der Waals surface area contributed by atoms with Crippen LogP contribution in [0.4, 0.5) is 0 Å². The van der Waals surface area contributed by atoms with Gasteiger partial charge in [0, 0.05) is 24.5 Å². The molecule has 1 aromatic carbocycles. The predicted molar refractivity (Wildman–Crippen MR) is 73.6 cm³/mol. The Bertz CT molecular complexity index is 403. The molecule has 1 N–H and O–H groups in total. The van der Waals surface area contributed by atoms with Crippen LogP contribution in [0.5, 0.6) is 0 Å². The molecule has 1 heterocycles. The monoisotopic (exact) mass is 266 g/mol. The van der Waals surface area contributed by atoms with E-state index in [-0.39, 0.29) is 5.91 Å². The molecular weight excluding hydrogens is 248 g/mol. The second-order valence-corrected chi connectivity index (χ2v) is 5.07. The number of carbonyl (C=O) groups excluding carboxylic acids is 1. The quantitative estimate of drug-likeness (QED) is 0.888. The van der Waals surface area contributed by atoms with Gasteiger partial charge >= 0.3 is 0 Å². The summed E-state index contributed by atoms with van der Waals surface area (Å²) in [5.74, 6) is 0.0989. The Morgan fingerprint density at radius 3 is 2.72 bits per heavy atom. The standard InChI is InChI=1S/C14H19ClN2O/c15-13-6-2-1-5-12(13)11-16-14(18)7-10-17-8-3-4-9-17/h1-2,5-6H,3-4,7-11H2,(H,16,18). The van der Waals surface area contributed by atoms with Crippen LogP contribution in [-0.4, -0.2) is 30.4 Å². The Morgan fingerprint density at radius 1 is 1.28 bits per heavy atom. The van der Waals surface area contributed by atoms with E-state index in [1.54, 1.807) is 0 Å². The van der Waals surface area contributed by atoms with Crippen LogP contribution in [0.1, 0.15) is 24.8 Å². The van der Waals surface area contributed by atoms with Gasteiger partial charge < -0.3 is 10.2 Å². The number of nitrogens with one attached hydrogen (secondary N) is 1. The second kappa shape index (κ2) is 6.76. The summed E-state index contributed by atoms with van der Waals surface area (Å²) in [7, 11) is 0. The fourth-order valence-electron chi connectivity index (χ4n) is 2.19. The van der Waals surface area contributed by atoms with Gasteiger partial charge in [-0.15, -0.1) is 0 Å². The molecule has 2 rings (SSSR count). The molecule has 0 saturated carbocycles. The highest BCUT2D eigenvalue weighted by Crippen LogP contribution is 2.14. The van der Waals surface area contributed by atoms with Gasteiger partial charge in [0.25, 0.3) is 0 Å². The Hall–Kier alpha value is -1.06. The van der Waals surface area contributed by atoms with Crippen LogP contribution >= 0.6 is 11.6 Å². The van der Waals surface area contributed by atoms with Crippen molar-refractivity contribution >= 4 is 17.5 Å². The highest BCUT2D eigenvalue weighted by atomic mass is 35.5. The van der Waals surface area contributed by atoms with Crippen LogP contribution < -0.4 is 5.32 Å². The molecule has 0 radical (unpaired) electrons. The lowest BCUT2D eigenvalue weighted by molar-refractivity contribution is -0.121. The molecule has 1 aromatic rings. The van der Waals surface area contributed by atoms with Gasteiger partial charge in [-0.3, -0.25) is 4.79 Å². The van der Waals surface area contributed by atoms with E-state index in [9.17, 15) is 4.79 Å². The maximum atomic E-state index is 11.7. The van der Waals surface area contributed by atoms with Crippen LogP contribution in [0.25, 0.3) is 0 Å². The van der Waals surface area contributed by atoms with Gasteiger partial charge in [-0.2, -0.15) is 0 Å². The maximum absolute atomic E-state index is 11.7. The normalized spacial score (nSPS) is 15.8. The minimum absolute atomic E-state index is 0.0989. The lowest BCUT2D eigenvalue weighted by atomic mass is 10.2. The Balaban J connectivity index is 1.69. The summed E-state index contributed by atoms with van der Waals surface area (Å²) in [6, 6.07) is 7.59. The Labute approximate surface area is 113 Å². The number of rotatable bonds is 5. The fourth-order valence-corrected chi connectivity index (χ4v) is 2.39. The third kappa shape index (κ3) is 4.00. The van der Waals surface area contributed by atoms with E-state index in [1.165, 1.54) is 12.8 Å². The average molecular weight is 267 g/mol. The minimum Gasteiger partial charge on any atom is -0.352 e. The molecule has 1 saturated heterocycles.